The highest BCUT2D eigenvalue weighted by Crippen LogP contribution is 2.25. The molecule has 0 atom stereocenters. The maximum Gasteiger partial charge on any atom is 0.272 e. The van der Waals surface area contributed by atoms with E-state index in [0.29, 0.717) is 24.3 Å². The van der Waals surface area contributed by atoms with Gasteiger partial charge in [0.05, 0.1) is 31.7 Å². The van der Waals surface area contributed by atoms with E-state index in [2.05, 4.69) is 10.4 Å². The van der Waals surface area contributed by atoms with Crippen molar-refractivity contribution < 1.29 is 23.0 Å². The van der Waals surface area contributed by atoms with Crippen LogP contribution in [-0.2, 0) is 24.3 Å². The molecule has 4 rings (SSSR count). The molecule has 2 heterocycles. The van der Waals surface area contributed by atoms with E-state index in [1.54, 1.807) is 11.8 Å². The first-order chi connectivity index (χ1) is 14.1. The lowest BCUT2D eigenvalue weighted by Gasteiger charge is -2.15. The molecule has 29 heavy (non-hydrogen) atoms. The fourth-order valence-corrected chi connectivity index (χ4v) is 3.30. The second-order valence-electron chi connectivity index (χ2n) is 6.58. The predicted molar refractivity (Wildman–Crippen MR) is 101 cm³/mol. The van der Waals surface area contributed by atoms with Crippen LogP contribution in [0.5, 0.6) is 5.75 Å². The third-order valence-corrected chi connectivity index (χ3v) is 4.82. The van der Waals surface area contributed by atoms with Crippen LogP contribution >= 0.6 is 0 Å². The Labute approximate surface area is 166 Å². The standard InChI is InChI=1S/C21H19F2N3O3/c1-28-15-7-5-14(6-8-15)26-18-9-10-29-12-16(18)20(25-26)21(27)24-11-13-3-2-4-17(22)19(13)23/h2-8H,9-12H2,1H3,(H,24,27). The minimum absolute atomic E-state index is 0.0676. The maximum atomic E-state index is 13.8. The molecule has 6 nitrogen and oxygen atoms in total. The number of methoxy groups -OCH3 is 1. The van der Waals surface area contributed by atoms with E-state index in [4.69, 9.17) is 9.47 Å². The van der Waals surface area contributed by atoms with Crippen LogP contribution in [0.1, 0.15) is 27.3 Å². The van der Waals surface area contributed by atoms with Gasteiger partial charge in [-0.3, -0.25) is 4.79 Å². The monoisotopic (exact) mass is 399 g/mol. The highest BCUT2D eigenvalue weighted by molar-refractivity contribution is 5.94. The average Bonchev–Trinajstić information content (AvgIpc) is 3.14. The van der Waals surface area contributed by atoms with Crippen molar-refractivity contribution in [3.8, 4) is 11.4 Å². The Morgan fingerprint density at radius 3 is 2.79 bits per heavy atom. The van der Waals surface area contributed by atoms with Crippen LogP contribution in [0.3, 0.4) is 0 Å². The number of hydrogen-bond acceptors (Lipinski definition) is 4. The van der Waals surface area contributed by atoms with Gasteiger partial charge in [0.15, 0.2) is 17.3 Å². The molecule has 0 aliphatic carbocycles. The van der Waals surface area contributed by atoms with E-state index in [1.807, 2.05) is 24.3 Å². The van der Waals surface area contributed by atoms with Crippen LogP contribution in [0, 0.1) is 11.6 Å². The third-order valence-electron chi connectivity index (χ3n) is 4.82. The largest absolute Gasteiger partial charge is 0.497 e. The lowest BCUT2D eigenvalue weighted by molar-refractivity contribution is 0.0922. The summed E-state index contributed by atoms with van der Waals surface area (Å²) in [6, 6.07) is 11.2. The molecule has 0 saturated carbocycles. The van der Waals surface area contributed by atoms with Gasteiger partial charge in [-0.15, -0.1) is 0 Å². The smallest absolute Gasteiger partial charge is 0.272 e. The van der Waals surface area contributed by atoms with Crippen molar-refractivity contribution in [2.75, 3.05) is 13.7 Å². The molecule has 0 radical (unpaired) electrons. The summed E-state index contributed by atoms with van der Waals surface area (Å²) in [4.78, 5) is 12.8. The number of benzene rings is 2. The van der Waals surface area contributed by atoms with Crippen LogP contribution in [0.4, 0.5) is 8.78 Å². The summed E-state index contributed by atoms with van der Waals surface area (Å²) < 4.78 is 39.6. The van der Waals surface area contributed by atoms with Gasteiger partial charge >= 0.3 is 0 Å². The SMILES string of the molecule is COc1ccc(-n2nc(C(=O)NCc3cccc(F)c3F)c3c2CCOC3)cc1. The van der Waals surface area contributed by atoms with Crippen LogP contribution in [0.2, 0.25) is 0 Å². The van der Waals surface area contributed by atoms with Crippen molar-refractivity contribution in [2.45, 2.75) is 19.6 Å². The number of carbonyl (C=O) groups excluding carboxylic acids is 1. The summed E-state index contributed by atoms with van der Waals surface area (Å²) in [6.07, 6.45) is 0.611. The van der Waals surface area contributed by atoms with Crippen LogP contribution in [-0.4, -0.2) is 29.4 Å². The fraction of sp³-hybridized carbons (Fsp3) is 0.238. The van der Waals surface area contributed by atoms with Gasteiger partial charge < -0.3 is 14.8 Å². The van der Waals surface area contributed by atoms with Gasteiger partial charge in [0.1, 0.15) is 5.75 Å². The van der Waals surface area contributed by atoms with E-state index < -0.39 is 17.5 Å². The van der Waals surface area contributed by atoms with Crippen LogP contribution in [0.15, 0.2) is 42.5 Å². The molecule has 1 N–H and O–H groups in total. The highest BCUT2D eigenvalue weighted by Gasteiger charge is 2.26. The Bertz CT molecular complexity index is 1050. The van der Waals surface area contributed by atoms with Gasteiger partial charge in [-0.25, -0.2) is 13.5 Å². The van der Waals surface area contributed by atoms with Gasteiger partial charge in [0, 0.05) is 24.1 Å². The summed E-state index contributed by atoms with van der Waals surface area (Å²) >= 11 is 0. The Morgan fingerprint density at radius 1 is 1.24 bits per heavy atom. The van der Waals surface area contributed by atoms with Crippen molar-refractivity contribution in [1.29, 1.82) is 0 Å². The summed E-state index contributed by atoms with van der Waals surface area (Å²) in [5.74, 6) is -1.68. The number of hydrogen-bond donors (Lipinski definition) is 1. The second kappa shape index (κ2) is 8.00. The van der Waals surface area contributed by atoms with Crippen molar-refractivity contribution in [2.24, 2.45) is 0 Å². The number of aromatic nitrogens is 2. The Balaban J connectivity index is 1.62. The topological polar surface area (TPSA) is 65.4 Å². The van der Waals surface area contributed by atoms with Crippen molar-refractivity contribution in [1.82, 2.24) is 15.1 Å². The minimum Gasteiger partial charge on any atom is -0.497 e. The molecule has 2 aromatic carbocycles. The van der Waals surface area contributed by atoms with E-state index in [0.717, 1.165) is 17.4 Å². The summed E-state index contributed by atoms with van der Waals surface area (Å²) in [6.45, 7) is 0.653. The third kappa shape index (κ3) is 3.71. The number of carbonyl (C=O) groups is 1. The number of nitrogens with one attached hydrogen (secondary N) is 1. The number of fused-ring (bicyclic) bond motifs is 1. The lowest BCUT2D eigenvalue weighted by atomic mass is 10.1. The van der Waals surface area contributed by atoms with Crippen LogP contribution < -0.4 is 10.1 Å². The Morgan fingerprint density at radius 2 is 2.03 bits per heavy atom. The maximum absolute atomic E-state index is 13.8. The molecule has 150 valence electrons. The van der Waals surface area contributed by atoms with Gasteiger partial charge in [0.2, 0.25) is 0 Å². The zero-order chi connectivity index (χ0) is 20.4. The molecule has 1 amide bonds. The van der Waals surface area contributed by atoms with E-state index in [9.17, 15) is 13.6 Å². The van der Waals surface area contributed by atoms with Gasteiger partial charge in [-0.1, -0.05) is 12.1 Å². The molecule has 1 aliphatic heterocycles. The lowest BCUT2D eigenvalue weighted by Crippen LogP contribution is -2.25. The van der Waals surface area contributed by atoms with Crippen LogP contribution in [0.25, 0.3) is 5.69 Å². The van der Waals surface area contributed by atoms with Crippen molar-refractivity contribution in [3.05, 3.63) is 76.6 Å². The predicted octanol–water partition coefficient (Wildman–Crippen LogP) is 3.16. The number of ether oxygens (including phenoxy) is 2. The first kappa shape index (κ1) is 19.1. The molecule has 8 heteroatoms. The number of amides is 1. The molecule has 0 saturated heterocycles. The Hall–Kier alpha value is -3.26. The fourth-order valence-electron chi connectivity index (χ4n) is 3.30. The van der Waals surface area contributed by atoms with Gasteiger partial charge in [-0.05, 0) is 30.3 Å². The van der Waals surface area contributed by atoms with Gasteiger partial charge in [-0.2, -0.15) is 5.10 Å². The minimum atomic E-state index is -0.970. The zero-order valence-corrected chi connectivity index (χ0v) is 15.7. The summed E-state index contributed by atoms with van der Waals surface area (Å²) in [5.41, 5.74) is 2.66. The molecule has 0 fully saturated rings. The number of rotatable bonds is 5. The first-order valence-electron chi connectivity index (χ1n) is 9.12. The van der Waals surface area contributed by atoms with E-state index >= 15 is 0 Å². The molecule has 1 aromatic heterocycles. The van der Waals surface area contributed by atoms with Gasteiger partial charge in [0.25, 0.3) is 5.91 Å². The van der Waals surface area contributed by atoms with E-state index in [-0.39, 0.29) is 24.4 Å². The quantitative estimate of drug-likeness (QED) is 0.716. The molecule has 0 bridgehead atoms. The molecule has 3 aromatic rings. The first-order valence-corrected chi connectivity index (χ1v) is 9.12. The summed E-state index contributed by atoms with van der Waals surface area (Å²) in [5, 5.41) is 7.11. The van der Waals surface area contributed by atoms with E-state index in [1.165, 1.54) is 12.1 Å². The second-order valence-corrected chi connectivity index (χ2v) is 6.58. The number of nitrogens with zero attached hydrogens (tertiary/aromatic N) is 2. The summed E-state index contributed by atoms with van der Waals surface area (Å²) in [7, 11) is 1.59. The highest BCUT2D eigenvalue weighted by atomic mass is 19.2. The average molecular weight is 399 g/mol. The molecule has 0 unspecified atom stereocenters. The van der Waals surface area contributed by atoms with Crippen molar-refractivity contribution in [3.63, 3.8) is 0 Å². The Kier molecular flexibility index (Phi) is 5.26. The number of halogens is 2. The molecular weight excluding hydrogens is 380 g/mol. The molecular formula is C21H19F2N3O3. The van der Waals surface area contributed by atoms with Crippen molar-refractivity contribution >= 4 is 5.91 Å². The zero-order valence-electron chi connectivity index (χ0n) is 15.7. The molecule has 1 aliphatic rings. The molecule has 0 spiro atoms. The normalized spacial score (nSPS) is 13.1.